The van der Waals surface area contributed by atoms with E-state index in [1.165, 1.54) is 30.3 Å². The number of pyridine rings is 1. The highest BCUT2D eigenvalue weighted by Crippen LogP contribution is 2.30. The minimum absolute atomic E-state index is 0.0704. The Bertz CT molecular complexity index is 604. The van der Waals surface area contributed by atoms with Crippen molar-refractivity contribution in [3.8, 4) is 11.3 Å². The van der Waals surface area contributed by atoms with Crippen molar-refractivity contribution in [3.05, 3.63) is 52.7 Å². The standard InChI is InChI=1S/C14H13ClF2N2/c1-14(2,18)10-7-11(15)19-13(12(10)17)8-3-5-9(16)6-4-8/h3-7H,18H2,1-2H3. The summed E-state index contributed by atoms with van der Waals surface area (Å²) < 4.78 is 27.3. The Hall–Kier alpha value is -1.52. The molecule has 1 aromatic carbocycles. The first-order valence-electron chi connectivity index (χ1n) is 5.70. The molecule has 0 bridgehead atoms. The molecule has 0 aliphatic heterocycles. The topological polar surface area (TPSA) is 38.9 Å². The first kappa shape index (κ1) is 13.9. The fourth-order valence-electron chi connectivity index (χ4n) is 1.77. The Balaban J connectivity index is 2.64. The van der Waals surface area contributed by atoms with E-state index in [2.05, 4.69) is 4.98 Å². The van der Waals surface area contributed by atoms with Crippen LogP contribution >= 0.6 is 11.6 Å². The molecule has 0 aliphatic carbocycles. The van der Waals surface area contributed by atoms with E-state index in [1.54, 1.807) is 13.8 Å². The third-order valence-electron chi connectivity index (χ3n) is 2.74. The molecule has 2 aromatic rings. The van der Waals surface area contributed by atoms with E-state index >= 15 is 0 Å². The van der Waals surface area contributed by atoms with E-state index < -0.39 is 17.2 Å². The molecule has 0 fully saturated rings. The smallest absolute Gasteiger partial charge is 0.154 e. The van der Waals surface area contributed by atoms with Crippen molar-refractivity contribution in [1.29, 1.82) is 0 Å². The Morgan fingerprint density at radius 2 is 1.74 bits per heavy atom. The fourth-order valence-corrected chi connectivity index (χ4v) is 1.96. The number of rotatable bonds is 2. The summed E-state index contributed by atoms with van der Waals surface area (Å²) >= 11 is 5.90. The van der Waals surface area contributed by atoms with E-state index in [0.29, 0.717) is 5.56 Å². The lowest BCUT2D eigenvalue weighted by atomic mass is 9.94. The van der Waals surface area contributed by atoms with Crippen LogP contribution in [0.4, 0.5) is 8.78 Å². The third-order valence-corrected chi connectivity index (χ3v) is 2.93. The Kier molecular flexibility index (Phi) is 3.56. The van der Waals surface area contributed by atoms with Gasteiger partial charge in [-0.1, -0.05) is 11.6 Å². The van der Waals surface area contributed by atoms with Gasteiger partial charge >= 0.3 is 0 Å². The molecule has 0 amide bonds. The molecule has 2 nitrogen and oxygen atoms in total. The van der Waals surface area contributed by atoms with Crippen molar-refractivity contribution >= 4 is 11.6 Å². The molecular formula is C14H13ClF2N2. The third kappa shape index (κ3) is 2.91. The number of hydrogen-bond acceptors (Lipinski definition) is 2. The van der Waals surface area contributed by atoms with Crippen LogP contribution in [-0.4, -0.2) is 4.98 Å². The van der Waals surface area contributed by atoms with Gasteiger partial charge in [0.15, 0.2) is 5.82 Å². The van der Waals surface area contributed by atoms with E-state index in [-0.39, 0.29) is 16.4 Å². The van der Waals surface area contributed by atoms with Gasteiger partial charge in [0, 0.05) is 16.7 Å². The normalized spacial score (nSPS) is 11.7. The van der Waals surface area contributed by atoms with Crippen LogP contribution in [0.3, 0.4) is 0 Å². The molecular weight excluding hydrogens is 270 g/mol. The van der Waals surface area contributed by atoms with Crippen LogP contribution < -0.4 is 5.73 Å². The lowest BCUT2D eigenvalue weighted by Gasteiger charge is -2.21. The first-order valence-corrected chi connectivity index (χ1v) is 6.08. The molecule has 0 saturated heterocycles. The highest BCUT2D eigenvalue weighted by Gasteiger charge is 2.23. The Morgan fingerprint density at radius 1 is 1.16 bits per heavy atom. The van der Waals surface area contributed by atoms with Gasteiger partial charge in [-0.05, 0) is 44.2 Å². The summed E-state index contributed by atoms with van der Waals surface area (Å²) in [5.41, 5.74) is 5.82. The van der Waals surface area contributed by atoms with Crippen molar-refractivity contribution < 1.29 is 8.78 Å². The Labute approximate surface area is 115 Å². The maximum atomic E-state index is 14.4. The van der Waals surface area contributed by atoms with E-state index in [9.17, 15) is 8.78 Å². The number of benzene rings is 1. The molecule has 0 radical (unpaired) electrons. The second-order valence-electron chi connectivity index (χ2n) is 4.88. The molecule has 2 N–H and O–H groups in total. The van der Waals surface area contributed by atoms with Gasteiger partial charge in [-0.2, -0.15) is 0 Å². The van der Waals surface area contributed by atoms with Crippen molar-refractivity contribution in [2.45, 2.75) is 19.4 Å². The highest BCUT2D eigenvalue weighted by molar-refractivity contribution is 6.29. The zero-order valence-corrected chi connectivity index (χ0v) is 11.3. The minimum atomic E-state index is -0.883. The molecule has 0 saturated carbocycles. The van der Waals surface area contributed by atoms with Crippen LogP contribution in [0.1, 0.15) is 19.4 Å². The lowest BCUT2D eigenvalue weighted by molar-refractivity contribution is 0.500. The number of hydrogen-bond donors (Lipinski definition) is 1. The second kappa shape index (κ2) is 4.87. The van der Waals surface area contributed by atoms with Crippen LogP contribution in [0.5, 0.6) is 0 Å². The molecule has 0 unspecified atom stereocenters. The van der Waals surface area contributed by atoms with Gasteiger partial charge in [0.1, 0.15) is 16.7 Å². The summed E-state index contributed by atoms with van der Waals surface area (Å²) in [6.45, 7) is 3.35. The van der Waals surface area contributed by atoms with Gasteiger partial charge in [0.2, 0.25) is 0 Å². The molecule has 100 valence electrons. The molecule has 0 spiro atoms. The van der Waals surface area contributed by atoms with Crippen LogP contribution in [-0.2, 0) is 5.54 Å². The summed E-state index contributed by atoms with van der Waals surface area (Å²) in [6, 6.07) is 6.79. The number of nitrogens with two attached hydrogens (primary N) is 1. The van der Waals surface area contributed by atoms with E-state index in [4.69, 9.17) is 17.3 Å². The van der Waals surface area contributed by atoms with Gasteiger partial charge < -0.3 is 5.73 Å². The van der Waals surface area contributed by atoms with Crippen LogP contribution in [0, 0.1) is 11.6 Å². The molecule has 1 aromatic heterocycles. The average molecular weight is 283 g/mol. The maximum absolute atomic E-state index is 14.4. The number of aromatic nitrogens is 1. The second-order valence-corrected chi connectivity index (χ2v) is 5.27. The zero-order chi connectivity index (χ0) is 14.2. The predicted molar refractivity (Wildman–Crippen MR) is 71.8 cm³/mol. The van der Waals surface area contributed by atoms with E-state index in [1.807, 2.05) is 0 Å². The molecule has 0 aliphatic rings. The van der Waals surface area contributed by atoms with Gasteiger partial charge in [0.25, 0.3) is 0 Å². The fraction of sp³-hybridized carbons (Fsp3) is 0.214. The number of nitrogens with zero attached hydrogens (tertiary/aromatic N) is 1. The quantitative estimate of drug-likeness (QED) is 0.849. The average Bonchev–Trinajstić information content (AvgIpc) is 2.31. The van der Waals surface area contributed by atoms with E-state index in [0.717, 1.165) is 0 Å². The molecule has 2 rings (SSSR count). The SMILES string of the molecule is CC(C)(N)c1cc(Cl)nc(-c2ccc(F)cc2)c1F. The van der Waals surface area contributed by atoms with Crippen LogP contribution in [0.25, 0.3) is 11.3 Å². The van der Waals surface area contributed by atoms with Crippen molar-refractivity contribution in [2.24, 2.45) is 5.73 Å². The molecule has 5 heteroatoms. The first-order chi connectivity index (χ1) is 8.79. The molecule has 0 atom stereocenters. The molecule has 19 heavy (non-hydrogen) atoms. The van der Waals surface area contributed by atoms with Crippen LogP contribution in [0.2, 0.25) is 5.15 Å². The van der Waals surface area contributed by atoms with Crippen LogP contribution in [0.15, 0.2) is 30.3 Å². The van der Waals surface area contributed by atoms with Gasteiger partial charge in [-0.15, -0.1) is 0 Å². The van der Waals surface area contributed by atoms with Crippen molar-refractivity contribution in [1.82, 2.24) is 4.98 Å². The summed E-state index contributed by atoms with van der Waals surface area (Å²) in [5, 5.41) is 0.147. The predicted octanol–water partition coefficient (Wildman–Crippen LogP) is 3.87. The van der Waals surface area contributed by atoms with Crippen molar-refractivity contribution in [3.63, 3.8) is 0 Å². The largest absolute Gasteiger partial charge is 0.322 e. The van der Waals surface area contributed by atoms with Gasteiger partial charge in [-0.3, -0.25) is 0 Å². The molecule has 1 heterocycles. The summed E-state index contributed by atoms with van der Waals surface area (Å²) in [6.07, 6.45) is 0. The van der Waals surface area contributed by atoms with Gasteiger partial charge in [0.05, 0.1) is 0 Å². The maximum Gasteiger partial charge on any atom is 0.154 e. The van der Waals surface area contributed by atoms with Crippen molar-refractivity contribution in [2.75, 3.05) is 0 Å². The lowest BCUT2D eigenvalue weighted by Crippen LogP contribution is -2.30. The summed E-state index contributed by atoms with van der Waals surface area (Å²) in [4.78, 5) is 3.96. The summed E-state index contributed by atoms with van der Waals surface area (Å²) in [5.74, 6) is -0.936. The highest BCUT2D eigenvalue weighted by atomic mass is 35.5. The summed E-state index contributed by atoms with van der Waals surface area (Å²) in [7, 11) is 0. The number of halogens is 3. The zero-order valence-electron chi connectivity index (χ0n) is 10.5. The minimum Gasteiger partial charge on any atom is -0.322 e. The monoisotopic (exact) mass is 282 g/mol. The van der Waals surface area contributed by atoms with Gasteiger partial charge in [-0.25, -0.2) is 13.8 Å². The Morgan fingerprint density at radius 3 is 2.26 bits per heavy atom.